The van der Waals surface area contributed by atoms with E-state index in [0.717, 1.165) is 53.7 Å². The molecule has 0 atom stereocenters. The topological polar surface area (TPSA) is 36.4 Å². The van der Waals surface area contributed by atoms with Crippen molar-refractivity contribution in [3.05, 3.63) is 40.4 Å². The average Bonchev–Trinajstić information content (AvgIpc) is 3.04. The number of carbonyl (C=O) groups excluding carboxylic acids is 1. The Morgan fingerprint density at radius 3 is 2.52 bits per heavy atom. The van der Waals surface area contributed by atoms with Crippen LogP contribution in [0.1, 0.15) is 27.9 Å². The standard InChI is InChI=1S/C20H23N3OS/c1-4-10-22-11-13-23(14-12-22)20(24)18-15(3)21-19(25-18)17-8-6-16(5-2)7-9-17/h1,6-9H,5,10-14H2,2-3H3. The quantitative estimate of drug-likeness (QED) is 0.793. The van der Waals surface area contributed by atoms with E-state index in [4.69, 9.17) is 6.42 Å². The summed E-state index contributed by atoms with van der Waals surface area (Å²) in [6.07, 6.45) is 6.38. The predicted molar refractivity (Wildman–Crippen MR) is 103 cm³/mol. The molecule has 0 unspecified atom stereocenters. The molecule has 5 heteroatoms. The van der Waals surface area contributed by atoms with Gasteiger partial charge in [-0.2, -0.15) is 0 Å². The molecular weight excluding hydrogens is 330 g/mol. The van der Waals surface area contributed by atoms with E-state index in [9.17, 15) is 4.79 Å². The van der Waals surface area contributed by atoms with Gasteiger partial charge in [0.15, 0.2) is 0 Å². The second-order valence-electron chi connectivity index (χ2n) is 6.26. The van der Waals surface area contributed by atoms with Crippen LogP contribution in [0.25, 0.3) is 10.6 Å². The number of benzene rings is 1. The van der Waals surface area contributed by atoms with Crippen molar-refractivity contribution >= 4 is 17.2 Å². The highest BCUT2D eigenvalue weighted by Crippen LogP contribution is 2.29. The molecule has 25 heavy (non-hydrogen) atoms. The summed E-state index contributed by atoms with van der Waals surface area (Å²) in [7, 11) is 0. The minimum atomic E-state index is 0.0896. The predicted octanol–water partition coefficient (Wildman–Crippen LogP) is 3.07. The summed E-state index contributed by atoms with van der Waals surface area (Å²) in [5.74, 6) is 2.76. The maximum absolute atomic E-state index is 12.9. The lowest BCUT2D eigenvalue weighted by Crippen LogP contribution is -2.48. The fourth-order valence-corrected chi connectivity index (χ4v) is 4.02. The third kappa shape index (κ3) is 3.92. The van der Waals surface area contributed by atoms with Gasteiger partial charge in [0.05, 0.1) is 12.2 Å². The molecular formula is C20H23N3OS. The van der Waals surface area contributed by atoms with Gasteiger partial charge in [0, 0.05) is 31.7 Å². The molecule has 1 aliphatic heterocycles. The molecule has 1 aromatic heterocycles. The Balaban J connectivity index is 1.73. The lowest BCUT2D eigenvalue weighted by molar-refractivity contribution is 0.0656. The van der Waals surface area contributed by atoms with Crippen molar-refractivity contribution in [2.45, 2.75) is 20.3 Å². The Kier molecular flexibility index (Phi) is 5.52. The van der Waals surface area contributed by atoms with Gasteiger partial charge in [0.25, 0.3) is 5.91 Å². The van der Waals surface area contributed by atoms with E-state index in [1.165, 1.54) is 16.9 Å². The van der Waals surface area contributed by atoms with Gasteiger partial charge in [-0.3, -0.25) is 9.69 Å². The molecule has 1 fully saturated rings. The number of aryl methyl sites for hydroxylation is 2. The van der Waals surface area contributed by atoms with E-state index in [-0.39, 0.29) is 5.91 Å². The summed E-state index contributed by atoms with van der Waals surface area (Å²) < 4.78 is 0. The highest BCUT2D eigenvalue weighted by Gasteiger charge is 2.25. The Morgan fingerprint density at radius 1 is 1.24 bits per heavy atom. The molecule has 0 bridgehead atoms. The number of aromatic nitrogens is 1. The first kappa shape index (κ1) is 17.7. The SMILES string of the molecule is C#CCN1CCN(C(=O)c2sc(-c3ccc(CC)cc3)nc2C)CC1. The summed E-state index contributed by atoms with van der Waals surface area (Å²) >= 11 is 1.49. The number of hydrogen-bond acceptors (Lipinski definition) is 4. The van der Waals surface area contributed by atoms with E-state index in [0.29, 0.717) is 6.54 Å². The molecule has 2 heterocycles. The first-order valence-electron chi connectivity index (χ1n) is 8.64. The van der Waals surface area contributed by atoms with Gasteiger partial charge in [-0.15, -0.1) is 17.8 Å². The Bertz CT molecular complexity index is 780. The summed E-state index contributed by atoms with van der Waals surface area (Å²) in [6.45, 7) is 7.82. The number of amides is 1. The number of rotatable bonds is 4. The van der Waals surface area contributed by atoms with Crippen molar-refractivity contribution in [2.24, 2.45) is 0 Å². The highest BCUT2D eigenvalue weighted by atomic mass is 32.1. The van der Waals surface area contributed by atoms with Gasteiger partial charge >= 0.3 is 0 Å². The molecule has 0 aliphatic carbocycles. The van der Waals surface area contributed by atoms with Crippen molar-refractivity contribution < 1.29 is 4.79 Å². The molecule has 1 aromatic carbocycles. The van der Waals surface area contributed by atoms with Gasteiger partial charge in [-0.05, 0) is 18.9 Å². The largest absolute Gasteiger partial charge is 0.335 e. The third-order valence-corrected chi connectivity index (χ3v) is 5.77. The van der Waals surface area contributed by atoms with Gasteiger partial charge in [0.2, 0.25) is 0 Å². The van der Waals surface area contributed by atoms with Crippen molar-refractivity contribution in [1.82, 2.24) is 14.8 Å². The smallest absolute Gasteiger partial charge is 0.265 e. The zero-order chi connectivity index (χ0) is 17.8. The van der Waals surface area contributed by atoms with Crippen molar-refractivity contribution in [3.63, 3.8) is 0 Å². The second kappa shape index (κ2) is 7.81. The molecule has 1 aliphatic rings. The van der Waals surface area contributed by atoms with Crippen molar-refractivity contribution in [1.29, 1.82) is 0 Å². The summed E-state index contributed by atoms with van der Waals surface area (Å²) in [6, 6.07) is 8.42. The third-order valence-electron chi connectivity index (χ3n) is 4.57. The first-order valence-corrected chi connectivity index (χ1v) is 9.46. The summed E-state index contributed by atoms with van der Waals surface area (Å²) in [5, 5.41) is 0.912. The maximum atomic E-state index is 12.9. The molecule has 2 aromatic rings. The van der Waals surface area contributed by atoms with Gasteiger partial charge in [0.1, 0.15) is 9.88 Å². The van der Waals surface area contributed by atoms with Gasteiger partial charge in [-0.25, -0.2) is 4.98 Å². The monoisotopic (exact) mass is 353 g/mol. The number of piperazine rings is 1. The van der Waals surface area contributed by atoms with Crippen LogP contribution in [-0.4, -0.2) is 53.4 Å². The van der Waals surface area contributed by atoms with E-state index in [1.807, 2.05) is 11.8 Å². The van der Waals surface area contributed by atoms with Crippen LogP contribution in [0.15, 0.2) is 24.3 Å². The zero-order valence-electron chi connectivity index (χ0n) is 14.8. The first-order chi connectivity index (χ1) is 12.1. The van der Waals surface area contributed by atoms with E-state index in [2.05, 4.69) is 47.0 Å². The molecule has 0 saturated carbocycles. The maximum Gasteiger partial charge on any atom is 0.265 e. The minimum absolute atomic E-state index is 0.0896. The van der Waals surface area contributed by atoms with Crippen LogP contribution in [0, 0.1) is 19.3 Å². The molecule has 130 valence electrons. The van der Waals surface area contributed by atoms with E-state index in [1.54, 1.807) is 0 Å². The molecule has 0 N–H and O–H groups in total. The fourth-order valence-electron chi connectivity index (χ4n) is 2.98. The molecule has 4 nitrogen and oxygen atoms in total. The number of terminal acetylenes is 1. The fraction of sp³-hybridized carbons (Fsp3) is 0.400. The van der Waals surface area contributed by atoms with Crippen LogP contribution in [0.5, 0.6) is 0 Å². The molecule has 0 radical (unpaired) electrons. The highest BCUT2D eigenvalue weighted by molar-refractivity contribution is 7.17. The number of hydrogen-bond donors (Lipinski definition) is 0. The van der Waals surface area contributed by atoms with Crippen molar-refractivity contribution in [2.75, 3.05) is 32.7 Å². The lowest BCUT2D eigenvalue weighted by Gasteiger charge is -2.33. The Labute approximate surface area is 153 Å². The molecule has 1 saturated heterocycles. The molecule has 3 rings (SSSR count). The van der Waals surface area contributed by atoms with E-state index >= 15 is 0 Å². The number of thiazole rings is 1. The van der Waals surface area contributed by atoms with Crippen LogP contribution in [-0.2, 0) is 6.42 Å². The normalized spacial score (nSPS) is 15.2. The van der Waals surface area contributed by atoms with Crippen LogP contribution in [0.3, 0.4) is 0 Å². The van der Waals surface area contributed by atoms with Gasteiger partial charge in [-0.1, -0.05) is 37.1 Å². The van der Waals surface area contributed by atoms with Crippen LogP contribution < -0.4 is 0 Å². The van der Waals surface area contributed by atoms with E-state index < -0.39 is 0 Å². The van der Waals surface area contributed by atoms with Crippen LogP contribution in [0.4, 0.5) is 0 Å². The van der Waals surface area contributed by atoms with Crippen molar-refractivity contribution in [3.8, 4) is 22.9 Å². The minimum Gasteiger partial charge on any atom is -0.335 e. The van der Waals surface area contributed by atoms with Gasteiger partial charge < -0.3 is 4.90 Å². The Hall–Kier alpha value is -2.16. The summed E-state index contributed by atoms with van der Waals surface area (Å²) in [4.78, 5) is 22.4. The molecule has 0 spiro atoms. The number of nitrogens with zero attached hydrogens (tertiary/aromatic N) is 3. The average molecular weight is 353 g/mol. The molecule has 1 amide bonds. The zero-order valence-corrected chi connectivity index (χ0v) is 15.6. The van der Waals surface area contributed by atoms with Crippen LogP contribution >= 0.6 is 11.3 Å². The Morgan fingerprint density at radius 2 is 1.92 bits per heavy atom. The lowest BCUT2D eigenvalue weighted by atomic mass is 10.1. The number of carbonyl (C=O) groups is 1. The second-order valence-corrected chi connectivity index (χ2v) is 7.26. The van der Waals surface area contributed by atoms with Crippen LogP contribution in [0.2, 0.25) is 0 Å². The summed E-state index contributed by atoms with van der Waals surface area (Å²) in [5.41, 5.74) is 3.19.